The van der Waals surface area contributed by atoms with Gasteiger partial charge in [0.15, 0.2) is 0 Å². The third kappa shape index (κ3) is 1.63. The zero-order valence-corrected chi connectivity index (χ0v) is 12.6. The van der Waals surface area contributed by atoms with Gasteiger partial charge >= 0.3 is 0 Å². The summed E-state index contributed by atoms with van der Waals surface area (Å²) in [5.41, 5.74) is 0.140. The number of Topliss-reactive ketones (excluding diaryl/α,β-unsaturated/α-hetero) is 2. The second-order valence-electron chi connectivity index (χ2n) is 8.10. The van der Waals surface area contributed by atoms with Gasteiger partial charge in [0.2, 0.25) is 0 Å². The second-order valence-corrected chi connectivity index (χ2v) is 8.10. The Morgan fingerprint density at radius 1 is 0.950 bits per heavy atom. The number of hydrogen-bond acceptors (Lipinski definition) is 2. The molecule has 0 aromatic rings. The van der Waals surface area contributed by atoms with E-state index in [0.717, 1.165) is 38.0 Å². The van der Waals surface area contributed by atoms with E-state index < -0.39 is 0 Å². The van der Waals surface area contributed by atoms with E-state index >= 15 is 0 Å². The summed E-state index contributed by atoms with van der Waals surface area (Å²) in [7, 11) is 0. The number of ketones is 2. The van der Waals surface area contributed by atoms with Crippen molar-refractivity contribution in [3.8, 4) is 0 Å². The minimum atomic E-state index is 0.140. The van der Waals surface area contributed by atoms with Crippen LogP contribution >= 0.6 is 0 Å². The third-order valence-electron chi connectivity index (χ3n) is 7.43. The highest BCUT2D eigenvalue weighted by molar-refractivity contribution is 5.85. The van der Waals surface area contributed by atoms with E-state index in [1.807, 2.05) is 0 Å². The van der Waals surface area contributed by atoms with Gasteiger partial charge in [-0.05, 0) is 61.7 Å². The number of fused-ring (bicyclic) bond motifs is 5. The topological polar surface area (TPSA) is 34.1 Å². The quantitative estimate of drug-likeness (QED) is 0.673. The van der Waals surface area contributed by atoms with Crippen molar-refractivity contribution >= 4 is 11.6 Å². The van der Waals surface area contributed by atoms with E-state index in [1.165, 1.54) is 25.7 Å². The standard InChI is InChI=1S/C18H26O2/c1-18-9-3-6-16(19)14(18)8-7-12-11-4-2-5-13(11)17(20)10-15(12)18/h11-15H,2-10H2,1H3/t11-,12-,13+,14-,15-,18-/m0/s1. The highest BCUT2D eigenvalue weighted by Gasteiger charge is 2.57. The molecule has 0 heterocycles. The van der Waals surface area contributed by atoms with Gasteiger partial charge in [-0.1, -0.05) is 13.3 Å². The van der Waals surface area contributed by atoms with Gasteiger partial charge in [0.05, 0.1) is 0 Å². The molecule has 110 valence electrons. The van der Waals surface area contributed by atoms with Crippen molar-refractivity contribution in [3.05, 3.63) is 0 Å². The lowest BCUT2D eigenvalue weighted by molar-refractivity contribution is -0.152. The van der Waals surface area contributed by atoms with Crippen molar-refractivity contribution in [2.24, 2.45) is 35.0 Å². The molecule has 0 bridgehead atoms. The van der Waals surface area contributed by atoms with E-state index in [4.69, 9.17) is 0 Å². The Labute approximate surface area is 121 Å². The highest BCUT2D eigenvalue weighted by Crippen LogP contribution is 2.61. The molecule has 4 fully saturated rings. The van der Waals surface area contributed by atoms with Gasteiger partial charge in [-0.3, -0.25) is 9.59 Å². The van der Waals surface area contributed by atoms with Gasteiger partial charge in [-0.2, -0.15) is 0 Å². The van der Waals surface area contributed by atoms with Crippen LogP contribution in [0.1, 0.15) is 64.7 Å². The van der Waals surface area contributed by atoms with Crippen molar-refractivity contribution in [1.29, 1.82) is 0 Å². The summed E-state index contributed by atoms with van der Waals surface area (Å²) in [6.07, 6.45) is 9.79. The van der Waals surface area contributed by atoms with Crippen molar-refractivity contribution in [1.82, 2.24) is 0 Å². The Bertz CT molecular complexity index is 454. The van der Waals surface area contributed by atoms with E-state index in [9.17, 15) is 9.59 Å². The highest BCUT2D eigenvalue weighted by atomic mass is 16.1. The average Bonchev–Trinajstić information content (AvgIpc) is 2.90. The number of hydrogen-bond donors (Lipinski definition) is 0. The third-order valence-corrected chi connectivity index (χ3v) is 7.43. The van der Waals surface area contributed by atoms with E-state index in [2.05, 4.69) is 6.92 Å². The fourth-order valence-corrected chi connectivity index (χ4v) is 6.51. The van der Waals surface area contributed by atoms with Crippen LogP contribution < -0.4 is 0 Å². The number of carbonyl (C=O) groups is 2. The lowest BCUT2D eigenvalue weighted by Gasteiger charge is -2.56. The lowest BCUT2D eigenvalue weighted by atomic mass is 9.47. The molecule has 4 aliphatic rings. The van der Waals surface area contributed by atoms with Gasteiger partial charge in [0.1, 0.15) is 11.6 Å². The summed E-state index contributed by atoms with van der Waals surface area (Å²) in [5, 5.41) is 0. The first-order valence-electron chi connectivity index (χ1n) is 8.66. The van der Waals surface area contributed by atoms with Crippen LogP contribution in [0.3, 0.4) is 0 Å². The molecule has 0 aliphatic heterocycles. The molecule has 20 heavy (non-hydrogen) atoms. The Morgan fingerprint density at radius 2 is 1.80 bits per heavy atom. The van der Waals surface area contributed by atoms with Crippen LogP contribution in [-0.2, 0) is 9.59 Å². The second kappa shape index (κ2) is 4.42. The Hall–Kier alpha value is -0.660. The normalized spacial score (nSPS) is 51.4. The van der Waals surface area contributed by atoms with Crippen LogP contribution in [0, 0.1) is 35.0 Å². The van der Waals surface area contributed by atoms with Crippen molar-refractivity contribution in [2.45, 2.75) is 64.7 Å². The van der Waals surface area contributed by atoms with E-state index in [1.54, 1.807) is 0 Å². The van der Waals surface area contributed by atoms with E-state index in [-0.39, 0.29) is 11.3 Å². The zero-order chi connectivity index (χ0) is 13.9. The summed E-state index contributed by atoms with van der Waals surface area (Å²) in [6, 6.07) is 0. The predicted octanol–water partition coefficient (Wildman–Crippen LogP) is 3.78. The van der Waals surface area contributed by atoms with Crippen LogP contribution in [0.2, 0.25) is 0 Å². The van der Waals surface area contributed by atoms with Gasteiger partial charge in [0, 0.05) is 24.7 Å². The monoisotopic (exact) mass is 274 g/mol. The molecule has 4 saturated carbocycles. The molecule has 0 aromatic heterocycles. The number of carbonyl (C=O) groups excluding carboxylic acids is 2. The molecule has 4 rings (SSSR count). The summed E-state index contributed by atoms with van der Waals surface area (Å²) >= 11 is 0. The Morgan fingerprint density at radius 3 is 2.65 bits per heavy atom. The van der Waals surface area contributed by atoms with Crippen LogP contribution in [0.25, 0.3) is 0 Å². The molecule has 0 spiro atoms. The maximum atomic E-state index is 12.5. The van der Waals surface area contributed by atoms with Gasteiger partial charge in [0.25, 0.3) is 0 Å². The van der Waals surface area contributed by atoms with Crippen molar-refractivity contribution in [2.75, 3.05) is 0 Å². The molecule has 0 N–H and O–H groups in total. The fourth-order valence-electron chi connectivity index (χ4n) is 6.51. The molecule has 4 aliphatic carbocycles. The fraction of sp³-hybridized carbons (Fsp3) is 0.889. The van der Waals surface area contributed by atoms with Gasteiger partial charge in [-0.25, -0.2) is 0 Å². The molecule has 2 nitrogen and oxygen atoms in total. The lowest BCUT2D eigenvalue weighted by Crippen LogP contribution is -2.54. The minimum absolute atomic E-state index is 0.140. The van der Waals surface area contributed by atoms with Crippen LogP contribution in [0.15, 0.2) is 0 Å². The average molecular weight is 274 g/mol. The first-order valence-corrected chi connectivity index (χ1v) is 8.66. The molecule has 2 heteroatoms. The first kappa shape index (κ1) is 13.0. The largest absolute Gasteiger partial charge is 0.299 e. The molecule has 0 radical (unpaired) electrons. The maximum Gasteiger partial charge on any atom is 0.136 e. The summed E-state index contributed by atoms with van der Waals surface area (Å²) in [5.74, 6) is 3.60. The van der Waals surface area contributed by atoms with Crippen molar-refractivity contribution < 1.29 is 9.59 Å². The molecular formula is C18H26O2. The first-order chi connectivity index (χ1) is 9.61. The molecule has 0 saturated heterocycles. The maximum absolute atomic E-state index is 12.5. The Kier molecular flexibility index (Phi) is 2.88. The smallest absolute Gasteiger partial charge is 0.136 e. The number of rotatable bonds is 0. The van der Waals surface area contributed by atoms with Gasteiger partial charge < -0.3 is 0 Å². The molecule has 0 amide bonds. The SMILES string of the molecule is C[C@]12CCCC(=O)[C@@H]1CC[C@H]1[C@@H]3CCC[C@H]3C(=O)C[C@@H]12. The molecular weight excluding hydrogens is 248 g/mol. The zero-order valence-electron chi connectivity index (χ0n) is 12.6. The Balaban J connectivity index is 1.69. The predicted molar refractivity (Wildman–Crippen MR) is 77.1 cm³/mol. The van der Waals surface area contributed by atoms with E-state index in [0.29, 0.717) is 29.3 Å². The molecule has 6 atom stereocenters. The van der Waals surface area contributed by atoms with Crippen LogP contribution in [-0.4, -0.2) is 11.6 Å². The van der Waals surface area contributed by atoms with Crippen LogP contribution in [0.4, 0.5) is 0 Å². The van der Waals surface area contributed by atoms with Crippen molar-refractivity contribution in [3.63, 3.8) is 0 Å². The minimum Gasteiger partial charge on any atom is -0.299 e. The molecule has 0 unspecified atom stereocenters. The summed E-state index contributed by atoms with van der Waals surface area (Å²) < 4.78 is 0. The summed E-state index contributed by atoms with van der Waals surface area (Å²) in [4.78, 5) is 24.9. The summed E-state index contributed by atoms with van der Waals surface area (Å²) in [6.45, 7) is 2.34. The van der Waals surface area contributed by atoms with Crippen LogP contribution in [0.5, 0.6) is 0 Å². The molecule has 0 aromatic carbocycles. The van der Waals surface area contributed by atoms with Gasteiger partial charge in [-0.15, -0.1) is 0 Å².